The maximum absolute atomic E-state index is 13.3. The van der Waals surface area contributed by atoms with E-state index in [1.54, 1.807) is 18.2 Å². The third kappa shape index (κ3) is 4.83. The predicted molar refractivity (Wildman–Crippen MR) is 97.2 cm³/mol. The highest BCUT2D eigenvalue weighted by atomic mass is 35.5. The molecular weight excluding hydrogens is 394 g/mol. The van der Waals surface area contributed by atoms with Crippen LogP contribution in [0.25, 0.3) is 0 Å². The number of halogens is 3. The molecule has 2 amide bonds. The molecule has 1 aliphatic carbocycles. The molecule has 6 nitrogen and oxygen atoms in total. The van der Waals surface area contributed by atoms with E-state index in [9.17, 15) is 23.2 Å². The summed E-state index contributed by atoms with van der Waals surface area (Å²) in [7, 11) is 0. The summed E-state index contributed by atoms with van der Waals surface area (Å²) in [6, 6.07) is 7.77. The second-order valence-corrected chi connectivity index (χ2v) is 6.57. The zero-order valence-electron chi connectivity index (χ0n) is 14.4. The van der Waals surface area contributed by atoms with Crippen molar-refractivity contribution in [2.24, 2.45) is 0 Å². The first-order chi connectivity index (χ1) is 13.3. The van der Waals surface area contributed by atoms with Gasteiger partial charge < -0.3 is 15.4 Å². The standard InChI is InChI=1S/C19H15ClF2N2O4/c20-13-8-15(22)14(21)7-12(13)19(27)28-9-17(25)24-16-4-2-1-3-11(16)18(26)23-10-5-6-10/h1-4,7-8,10H,5-6,9H2,(H,23,26)(H,24,25). The van der Waals surface area contributed by atoms with Crippen molar-refractivity contribution < 1.29 is 27.9 Å². The number of ether oxygens (including phenoxy) is 1. The Bertz CT molecular complexity index is 948. The molecule has 0 unspecified atom stereocenters. The van der Waals surface area contributed by atoms with E-state index in [4.69, 9.17) is 16.3 Å². The number of hydrogen-bond donors (Lipinski definition) is 2. The van der Waals surface area contributed by atoms with E-state index in [0.717, 1.165) is 12.8 Å². The smallest absolute Gasteiger partial charge is 0.340 e. The number of carbonyl (C=O) groups is 3. The normalized spacial score (nSPS) is 13.0. The van der Waals surface area contributed by atoms with E-state index < -0.39 is 35.7 Å². The number of hydrogen-bond acceptors (Lipinski definition) is 4. The van der Waals surface area contributed by atoms with Gasteiger partial charge in [-0.05, 0) is 37.1 Å². The van der Waals surface area contributed by atoms with Crippen molar-refractivity contribution in [1.29, 1.82) is 0 Å². The number of amides is 2. The average molecular weight is 409 g/mol. The summed E-state index contributed by atoms with van der Waals surface area (Å²) in [6.45, 7) is -0.702. The fourth-order valence-electron chi connectivity index (χ4n) is 2.36. The first kappa shape index (κ1) is 19.8. The molecule has 1 aliphatic rings. The van der Waals surface area contributed by atoms with Crippen LogP contribution >= 0.6 is 11.6 Å². The van der Waals surface area contributed by atoms with Gasteiger partial charge in [-0.2, -0.15) is 0 Å². The van der Waals surface area contributed by atoms with E-state index in [-0.39, 0.29) is 28.2 Å². The molecule has 3 rings (SSSR count). The summed E-state index contributed by atoms with van der Waals surface area (Å²) < 4.78 is 31.1. The summed E-state index contributed by atoms with van der Waals surface area (Å²) in [4.78, 5) is 36.2. The molecule has 2 aromatic carbocycles. The molecule has 0 heterocycles. The minimum absolute atomic E-state index is 0.151. The lowest BCUT2D eigenvalue weighted by atomic mass is 10.1. The molecule has 28 heavy (non-hydrogen) atoms. The summed E-state index contributed by atoms with van der Waals surface area (Å²) in [5.74, 6) is -4.58. The average Bonchev–Trinajstić information content (AvgIpc) is 3.47. The molecule has 0 atom stereocenters. The number of benzene rings is 2. The van der Waals surface area contributed by atoms with Crippen LogP contribution in [-0.4, -0.2) is 30.4 Å². The topological polar surface area (TPSA) is 84.5 Å². The van der Waals surface area contributed by atoms with Gasteiger partial charge in [0.25, 0.3) is 11.8 Å². The van der Waals surface area contributed by atoms with Crippen LogP contribution in [0.2, 0.25) is 5.02 Å². The largest absolute Gasteiger partial charge is 0.452 e. The molecule has 0 aliphatic heterocycles. The first-order valence-electron chi connectivity index (χ1n) is 8.36. The van der Waals surface area contributed by atoms with E-state index >= 15 is 0 Å². The Morgan fingerprint density at radius 2 is 1.75 bits per heavy atom. The van der Waals surface area contributed by atoms with Crippen LogP contribution in [0.5, 0.6) is 0 Å². The molecular formula is C19H15ClF2N2O4. The molecule has 9 heteroatoms. The molecule has 1 saturated carbocycles. The van der Waals surface area contributed by atoms with Gasteiger partial charge in [0.2, 0.25) is 0 Å². The zero-order chi connectivity index (χ0) is 20.3. The second-order valence-electron chi connectivity index (χ2n) is 6.16. The van der Waals surface area contributed by atoms with Gasteiger partial charge in [0, 0.05) is 6.04 Å². The minimum Gasteiger partial charge on any atom is -0.452 e. The Hall–Kier alpha value is -3.00. The van der Waals surface area contributed by atoms with Gasteiger partial charge in [-0.25, -0.2) is 13.6 Å². The van der Waals surface area contributed by atoms with Crippen LogP contribution in [0.15, 0.2) is 36.4 Å². The summed E-state index contributed by atoms with van der Waals surface area (Å²) in [6.07, 6.45) is 1.84. The van der Waals surface area contributed by atoms with Gasteiger partial charge in [-0.1, -0.05) is 23.7 Å². The van der Waals surface area contributed by atoms with Crippen molar-refractivity contribution in [1.82, 2.24) is 5.32 Å². The minimum atomic E-state index is -1.27. The molecule has 1 fully saturated rings. The molecule has 0 saturated heterocycles. The number of anilines is 1. The third-order valence-electron chi connectivity index (χ3n) is 3.92. The molecule has 0 aromatic heterocycles. The molecule has 2 aromatic rings. The Balaban J connectivity index is 1.61. The van der Waals surface area contributed by atoms with Crippen LogP contribution in [0.3, 0.4) is 0 Å². The van der Waals surface area contributed by atoms with E-state index in [2.05, 4.69) is 10.6 Å². The zero-order valence-corrected chi connectivity index (χ0v) is 15.2. The van der Waals surface area contributed by atoms with Crippen molar-refractivity contribution in [3.63, 3.8) is 0 Å². The van der Waals surface area contributed by atoms with Gasteiger partial charge in [0.1, 0.15) is 0 Å². The van der Waals surface area contributed by atoms with Gasteiger partial charge in [0.05, 0.1) is 21.8 Å². The first-order valence-corrected chi connectivity index (χ1v) is 8.74. The Kier molecular flexibility index (Phi) is 5.89. The quantitative estimate of drug-likeness (QED) is 0.567. The van der Waals surface area contributed by atoms with Crippen molar-refractivity contribution in [3.05, 3.63) is 64.2 Å². The number of para-hydroxylation sites is 1. The molecule has 146 valence electrons. The van der Waals surface area contributed by atoms with E-state index in [1.807, 2.05) is 0 Å². The van der Waals surface area contributed by atoms with Crippen LogP contribution < -0.4 is 10.6 Å². The van der Waals surface area contributed by atoms with Crippen molar-refractivity contribution in [2.75, 3.05) is 11.9 Å². The second kappa shape index (κ2) is 8.35. The fourth-order valence-corrected chi connectivity index (χ4v) is 2.58. The SMILES string of the molecule is O=C(COC(=O)c1cc(F)c(F)cc1Cl)Nc1ccccc1C(=O)NC1CC1. The van der Waals surface area contributed by atoms with E-state index in [0.29, 0.717) is 12.1 Å². The number of carbonyl (C=O) groups excluding carboxylic acids is 3. The number of nitrogens with one attached hydrogen (secondary N) is 2. The Morgan fingerprint density at radius 3 is 2.46 bits per heavy atom. The predicted octanol–water partition coefficient (Wildman–Crippen LogP) is 3.31. The maximum Gasteiger partial charge on any atom is 0.340 e. The third-order valence-corrected chi connectivity index (χ3v) is 4.24. The summed E-state index contributed by atoms with van der Waals surface area (Å²) in [5.41, 5.74) is 0.128. The van der Waals surface area contributed by atoms with Crippen LogP contribution in [0.1, 0.15) is 33.6 Å². The van der Waals surface area contributed by atoms with Gasteiger partial charge in [0.15, 0.2) is 18.2 Å². The van der Waals surface area contributed by atoms with Crippen molar-refractivity contribution in [3.8, 4) is 0 Å². The molecule has 2 N–H and O–H groups in total. The summed E-state index contributed by atoms with van der Waals surface area (Å²) >= 11 is 5.69. The van der Waals surface area contributed by atoms with Crippen molar-refractivity contribution in [2.45, 2.75) is 18.9 Å². The van der Waals surface area contributed by atoms with Gasteiger partial charge in [-0.15, -0.1) is 0 Å². The highest BCUT2D eigenvalue weighted by molar-refractivity contribution is 6.33. The maximum atomic E-state index is 13.3. The van der Waals surface area contributed by atoms with Gasteiger partial charge >= 0.3 is 5.97 Å². The fraction of sp³-hybridized carbons (Fsp3) is 0.211. The number of rotatable bonds is 6. The molecule has 0 bridgehead atoms. The highest BCUT2D eigenvalue weighted by Gasteiger charge is 2.25. The lowest BCUT2D eigenvalue weighted by molar-refractivity contribution is -0.119. The highest BCUT2D eigenvalue weighted by Crippen LogP contribution is 2.22. The lowest BCUT2D eigenvalue weighted by Crippen LogP contribution is -2.28. The molecule has 0 radical (unpaired) electrons. The number of esters is 1. The molecule has 0 spiro atoms. The lowest BCUT2D eigenvalue weighted by Gasteiger charge is -2.11. The van der Waals surface area contributed by atoms with Crippen LogP contribution in [-0.2, 0) is 9.53 Å². The van der Waals surface area contributed by atoms with Gasteiger partial charge in [-0.3, -0.25) is 9.59 Å². The monoisotopic (exact) mass is 408 g/mol. The van der Waals surface area contributed by atoms with E-state index in [1.165, 1.54) is 6.07 Å². The summed E-state index contributed by atoms with van der Waals surface area (Å²) in [5, 5.41) is 4.96. The van der Waals surface area contributed by atoms with Crippen LogP contribution in [0, 0.1) is 11.6 Å². The Labute approximate surface area is 163 Å². The van der Waals surface area contributed by atoms with Crippen LogP contribution in [0.4, 0.5) is 14.5 Å². The van der Waals surface area contributed by atoms with Crippen molar-refractivity contribution >= 4 is 35.1 Å². The Morgan fingerprint density at radius 1 is 1.07 bits per heavy atom.